The van der Waals surface area contributed by atoms with Gasteiger partial charge in [-0.2, -0.15) is 0 Å². The van der Waals surface area contributed by atoms with Crippen LogP contribution >= 0.6 is 0 Å². The monoisotopic (exact) mass is 311 g/mol. The lowest BCUT2D eigenvalue weighted by Crippen LogP contribution is -2.21. The highest BCUT2D eigenvalue weighted by molar-refractivity contribution is 7.89. The molecule has 8 nitrogen and oxygen atoms in total. The van der Waals surface area contributed by atoms with Crippen molar-refractivity contribution >= 4 is 21.7 Å². The largest absolute Gasteiger partial charge is 0.406 e. The van der Waals surface area contributed by atoms with Gasteiger partial charge in [0, 0.05) is 11.7 Å². The molecule has 0 aliphatic carbocycles. The number of primary sulfonamides is 1. The number of aromatic nitrogens is 2. The van der Waals surface area contributed by atoms with Crippen molar-refractivity contribution in [2.24, 2.45) is 5.14 Å². The molecule has 1 aromatic carbocycles. The van der Waals surface area contributed by atoms with E-state index in [1.807, 2.05) is 13.8 Å². The molecular weight excluding hydrogens is 294 g/mol. The molecule has 0 amide bonds. The van der Waals surface area contributed by atoms with Crippen LogP contribution in [-0.2, 0) is 16.6 Å². The zero-order chi connectivity index (χ0) is 15.5. The summed E-state index contributed by atoms with van der Waals surface area (Å²) in [6.07, 6.45) is 0. The maximum atomic E-state index is 11.3. The summed E-state index contributed by atoms with van der Waals surface area (Å²) in [5, 5.41) is 18.8. The van der Waals surface area contributed by atoms with E-state index in [4.69, 9.17) is 9.56 Å². The van der Waals surface area contributed by atoms with Crippen molar-refractivity contribution in [3.8, 4) is 0 Å². The van der Waals surface area contributed by atoms with Gasteiger partial charge in [0.2, 0.25) is 15.9 Å². The van der Waals surface area contributed by atoms with Crippen molar-refractivity contribution in [2.75, 3.05) is 5.32 Å². The SMILES string of the molecule is CC(C)NCc1nnc(Nc2cccc(S(N)(=O)=O)c2)o1. The van der Waals surface area contributed by atoms with Crippen LogP contribution in [0.1, 0.15) is 19.7 Å². The Morgan fingerprint density at radius 2 is 2.10 bits per heavy atom. The molecule has 0 bridgehead atoms. The normalized spacial score (nSPS) is 11.8. The van der Waals surface area contributed by atoms with E-state index in [1.54, 1.807) is 12.1 Å². The van der Waals surface area contributed by atoms with Gasteiger partial charge in [0.25, 0.3) is 0 Å². The molecule has 21 heavy (non-hydrogen) atoms. The van der Waals surface area contributed by atoms with Crippen LogP contribution in [0.4, 0.5) is 11.7 Å². The molecule has 0 spiro atoms. The number of sulfonamides is 1. The van der Waals surface area contributed by atoms with Crippen molar-refractivity contribution in [3.63, 3.8) is 0 Å². The average molecular weight is 311 g/mol. The third-order valence-corrected chi connectivity index (χ3v) is 3.45. The van der Waals surface area contributed by atoms with E-state index in [-0.39, 0.29) is 10.9 Å². The van der Waals surface area contributed by atoms with Crippen molar-refractivity contribution in [2.45, 2.75) is 31.3 Å². The molecule has 0 saturated heterocycles. The molecule has 0 saturated carbocycles. The first kappa shape index (κ1) is 15.4. The Labute approximate surface area is 122 Å². The van der Waals surface area contributed by atoms with Crippen LogP contribution < -0.4 is 15.8 Å². The van der Waals surface area contributed by atoms with Gasteiger partial charge in [-0.1, -0.05) is 25.0 Å². The van der Waals surface area contributed by atoms with Crippen LogP contribution in [-0.4, -0.2) is 24.7 Å². The molecule has 114 valence electrons. The number of nitrogens with zero attached hydrogens (tertiary/aromatic N) is 2. The summed E-state index contributed by atoms with van der Waals surface area (Å²) in [5.41, 5.74) is 0.494. The molecule has 0 fully saturated rings. The second-order valence-corrected chi connectivity index (χ2v) is 6.30. The van der Waals surface area contributed by atoms with Crippen molar-refractivity contribution in [1.29, 1.82) is 0 Å². The Morgan fingerprint density at radius 1 is 1.33 bits per heavy atom. The minimum absolute atomic E-state index is 0.00807. The summed E-state index contributed by atoms with van der Waals surface area (Å²) >= 11 is 0. The molecule has 1 aromatic heterocycles. The second kappa shape index (κ2) is 6.20. The minimum Gasteiger partial charge on any atom is -0.406 e. The van der Waals surface area contributed by atoms with Crippen molar-refractivity contribution in [3.05, 3.63) is 30.2 Å². The highest BCUT2D eigenvalue weighted by Gasteiger charge is 2.10. The third-order valence-electron chi connectivity index (χ3n) is 2.54. The van der Waals surface area contributed by atoms with E-state index in [1.165, 1.54) is 12.1 Å². The Kier molecular flexibility index (Phi) is 4.56. The molecule has 0 radical (unpaired) electrons. The van der Waals surface area contributed by atoms with Gasteiger partial charge in [-0.05, 0) is 18.2 Å². The van der Waals surface area contributed by atoms with Gasteiger partial charge in [-0.15, -0.1) is 5.10 Å². The predicted octanol–water partition coefficient (Wildman–Crippen LogP) is 0.959. The van der Waals surface area contributed by atoms with E-state index in [9.17, 15) is 8.42 Å². The summed E-state index contributed by atoms with van der Waals surface area (Å²) in [7, 11) is -3.75. The van der Waals surface area contributed by atoms with Crippen LogP contribution in [0.15, 0.2) is 33.6 Å². The molecular formula is C12H17N5O3S. The van der Waals surface area contributed by atoms with E-state index >= 15 is 0 Å². The first-order valence-corrected chi connectivity index (χ1v) is 7.85. The molecule has 9 heteroatoms. The maximum Gasteiger partial charge on any atom is 0.320 e. The van der Waals surface area contributed by atoms with Crippen molar-refractivity contribution in [1.82, 2.24) is 15.5 Å². The van der Waals surface area contributed by atoms with Gasteiger partial charge in [-0.3, -0.25) is 0 Å². The Balaban J connectivity index is 2.08. The molecule has 4 N–H and O–H groups in total. The lowest BCUT2D eigenvalue weighted by atomic mass is 10.3. The lowest BCUT2D eigenvalue weighted by Gasteiger charge is -2.04. The fraction of sp³-hybridized carbons (Fsp3) is 0.333. The van der Waals surface area contributed by atoms with Gasteiger partial charge in [0.1, 0.15) is 0 Å². The summed E-state index contributed by atoms with van der Waals surface area (Å²) < 4.78 is 27.9. The minimum atomic E-state index is -3.75. The number of nitrogens with one attached hydrogen (secondary N) is 2. The second-order valence-electron chi connectivity index (χ2n) is 4.73. The van der Waals surface area contributed by atoms with Crippen LogP contribution in [0, 0.1) is 0 Å². The zero-order valence-electron chi connectivity index (χ0n) is 11.7. The van der Waals surface area contributed by atoms with Gasteiger partial charge < -0.3 is 15.1 Å². The zero-order valence-corrected chi connectivity index (χ0v) is 12.5. The van der Waals surface area contributed by atoms with Crippen LogP contribution in [0.3, 0.4) is 0 Å². The first-order valence-electron chi connectivity index (χ1n) is 6.30. The average Bonchev–Trinajstić information content (AvgIpc) is 2.83. The van der Waals surface area contributed by atoms with Crippen molar-refractivity contribution < 1.29 is 12.8 Å². The number of nitrogens with two attached hydrogens (primary N) is 1. The summed E-state index contributed by atoms with van der Waals surface area (Å²) in [6.45, 7) is 4.48. The number of benzene rings is 1. The van der Waals surface area contributed by atoms with E-state index in [0.29, 0.717) is 24.2 Å². The highest BCUT2D eigenvalue weighted by atomic mass is 32.2. The summed E-state index contributed by atoms with van der Waals surface area (Å²) in [5.74, 6) is 0.439. The Morgan fingerprint density at radius 3 is 2.76 bits per heavy atom. The van der Waals surface area contributed by atoms with Crippen LogP contribution in [0.5, 0.6) is 0 Å². The van der Waals surface area contributed by atoms with Gasteiger partial charge in [0.15, 0.2) is 0 Å². The molecule has 0 unspecified atom stereocenters. The molecule has 2 aromatic rings. The molecule has 2 rings (SSSR count). The molecule has 1 heterocycles. The Hall–Kier alpha value is -1.97. The fourth-order valence-corrected chi connectivity index (χ4v) is 2.10. The quantitative estimate of drug-likeness (QED) is 0.726. The smallest absolute Gasteiger partial charge is 0.320 e. The standard InChI is InChI=1S/C12H17N5O3S/c1-8(2)14-7-11-16-17-12(20-11)15-9-4-3-5-10(6-9)21(13,18)19/h3-6,8,14H,7H2,1-2H3,(H,15,17)(H2,13,18,19). The van der Waals surface area contributed by atoms with Crippen LogP contribution in [0.25, 0.3) is 0 Å². The number of hydrogen-bond acceptors (Lipinski definition) is 7. The summed E-state index contributed by atoms with van der Waals surface area (Å²) in [6, 6.07) is 6.53. The highest BCUT2D eigenvalue weighted by Crippen LogP contribution is 2.18. The fourth-order valence-electron chi connectivity index (χ4n) is 1.54. The topological polar surface area (TPSA) is 123 Å². The third kappa shape index (κ3) is 4.52. The van der Waals surface area contributed by atoms with E-state index in [0.717, 1.165) is 0 Å². The summed E-state index contributed by atoms with van der Waals surface area (Å²) in [4.78, 5) is 0.00807. The first-order chi connectivity index (χ1) is 9.84. The van der Waals surface area contributed by atoms with Crippen LogP contribution in [0.2, 0.25) is 0 Å². The van der Waals surface area contributed by atoms with Gasteiger partial charge >= 0.3 is 6.01 Å². The number of hydrogen-bond donors (Lipinski definition) is 3. The maximum absolute atomic E-state index is 11.3. The van der Waals surface area contributed by atoms with E-state index in [2.05, 4.69) is 20.8 Å². The molecule has 0 aliphatic heterocycles. The molecule has 0 aliphatic rings. The van der Waals surface area contributed by atoms with Gasteiger partial charge in [-0.25, -0.2) is 13.6 Å². The molecule has 0 atom stereocenters. The number of rotatable bonds is 6. The predicted molar refractivity (Wildman–Crippen MR) is 77.4 cm³/mol. The number of anilines is 2. The van der Waals surface area contributed by atoms with E-state index < -0.39 is 10.0 Å². The van der Waals surface area contributed by atoms with Gasteiger partial charge in [0.05, 0.1) is 11.4 Å². The lowest BCUT2D eigenvalue weighted by molar-refractivity contribution is 0.460. The Bertz CT molecular complexity index is 711.